The van der Waals surface area contributed by atoms with Crippen molar-refractivity contribution in [3.63, 3.8) is 0 Å². The third-order valence-corrected chi connectivity index (χ3v) is 4.72. The number of para-hydroxylation sites is 2. The second-order valence-corrected chi connectivity index (χ2v) is 7.06. The molecule has 0 saturated carbocycles. The van der Waals surface area contributed by atoms with Crippen LogP contribution in [-0.4, -0.2) is 62.8 Å². The van der Waals surface area contributed by atoms with Gasteiger partial charge in [-0.1, -0.05) is 19.1 Å². The minimum Gasteiger partial charge on any atom is -0.493 e. The number of ether oxygens (including phenoxy) is 2. The highest BCUT2D eigenvalue weighted by Gasteiger charge is 2.19. The molecule has 0 amide bonds. The molecule has 1 aromatic carbocycles. The fraction of sp³-hybridized carbons (Fsp3) is 0.667. The Morgan fingerprint density at radius 2 is 1.93 bits per heavy atom. The molecule has 0 bridgehead atoms. The summed E-state index contributed by atoms with van der Waals surface area (Å²) in [5.74, 6) is 2.38. The molecule has 1 aliphatic rings. The van der Waals surface area contributed by atoms with E-state index in [1.54, 1.807) is 7.11 Å². The molecule has 2 N–H and O–H groups in total. The number of nitrogens with one attached hydrogen (secondary N) is 2. The lowest BCUT2D eigenvalue weighted by molar-refractivity contribution is 0.205. The molecule has 0 spiro atoms. The monoisotopic (exact) mass is 376 g/mol. The maximum Gasteiger partial charge on any atom is 0.191 e. The number of guanidine groups is 1. The van der Waals surface area contributed by atoms with Crippen molar-refractivity contribution in [2.24, 2.45) is 4.99 Å². The van der Waals surface area contributed by atoms with Crippen LogP contribution in [0, 0.1) is 0 Å². The van der Waals surface area contributed by atoms with Crippen LogP contribution in [0.4, 0.5) is 0 Å². The van der Waals surface area contributed by atoms with Crippen molar-refractivity contribution in [3.05, 3.63) is 24.3 Å². The number of likely N-dealkylation sites (tertiary alicyclic amines) is 1. The lowest BCUT2D eigenvalue weighted by Crippen LogP contribution is -2.49. The number of piperidine rings is 1. The van der Waals surface area contributed by atoms with Crippen LogP contribution in [0.25, 0.3) is 0 Å². The van der Waals surface area contributed by atoms with Crippen molar-refractivity contribution in [1.29, 1.82) is 0 Å². The number of aliphatic imine (C=N–C) groups is 1. The molecule has 0 aromatic heterocycles. The van der Waals surface area contributed by atoms with Gasteiger partial charge in [0.1, 0.15) is 6.10 Å². The number of methoxy groups -OCH3 is 1. The quantitative estimate of drug-likeness (QED) is 0.513. The fourth-order valence-electron chi connectivity index (χ4n) is 3.32. The standard InChI is InChI=1S/C21H36N4O2/c1-5-13-25-14-11-18(12-15-25)24-21(22-6-2)23-16-17(3)27-20-10-8-7-9-19(20)26-4/h7-10,17-18H,5-6,11-16H2,1-4H3,(H2,22,23,24). The van der Waals surface area contributed by atoms with Gasteiger partial charge in [-0.05, 0) is 51.8 Å². The summed E-state index contributed by atoms with van der Waals surface area (Å²) >= 11 is 0. The summed E-state index contributed by atoms with van der Waals surface area (Å²) in [7, 11) is 1.66. The maximum absolute atomic E-state index is 6.00. The van der Waals surface area contributed by atoms with Crippen LogP contribution < -0.4 is 20.1 Å². The smallest absolute Gasteiger partial charge is 0.191 e. The SMILES string of the molecule is CCCN1CCC(NC(=NCC(C)Oc2ccccc2OC)NCC)CC1. The van der Waals surface area contributed by atoms with Crippen LogP contribution in [-0.2, 0) is 0 Å². The first-order chi connectivity index (χ1) is 13.2. The lowest BCUT2D eigenvalue weighted by atomic mass is 10.1. The van der Waals surface area contributed by atoms with Crippen LogP contribution in [0.3, 0.4) is 0 Å². The zero-order chi connectivity index (χ0) is 19.5. The number of nitrogens with zero attached hydrogens (tertiary/aromatic N) is 2. The summed E-state index contributed by atoms with van der Waals surface area (Å²) in [5.41, 5.74) is 0. The van der Waals surface area contributed by atoms with Gasteiger partial charge in [-0.25, -0.2) is 4.99 Å². The van der Waals surface area contributed by atoms with E-state index in [4.69, 9.17) is 14.5 Å². The van der Waals surface area contributed by atoms with Crippen LogP contribution in [0.2, 0.25) is 0 Å². The van der Waals surface area contributed by atoms with E-state index >= 15 is 0 Å². The molecule has 0 radical (unpaired) electrons. The normalized spacial score (nSPS) is 17.4. The highest BCUT2D eigenvalue weighted by atomic mass is 16.5. The third kappa shape index (κ3) is 7.29. The second kappa shape index (κ2) is 11.7. The van der Waals surface area contributed by atoms with Gasteiger partial charge in [0.05, 0.1) is 13.7 Å². The van der Waals surface area contributed by atoms with Gasteiger partial charge in [0, 0.05) is 25.7 Å². The first kappa shape index (κ1) is 21.4. The van der Waals surface area contributed by atoms with Gasteiger partial charge in [-0.2, -0.15) is 0 Å². The van der Waals surface area contributed by atoms with Gasteiger partial charge in [0.25, 0.3) is 0 Å². The molecule has 6 heteroatoms. The number of benzene rings is 1. The predicted octanol–water partition coefficient (Wildman–Crippen LogP) is 2.89. The Morgan fingerprint density at radius 1 is 1.22 bits per heavy atom. The van der Waals surface area contributed by atoms with Gasteiger partial charge in [0.2, 0.25) is 0 Å². The Hall–Kier alpha value is -1.95. The summed E-state index contributed by atoms with van der Waals surface area (Å²) < 4.78 is 11.3. The first-order valence-corrected chi connectivity index (χ1v) is 10.2. The summed E-state index contributed by atoms with van der Waals surface area (Å²) in [6.45, 7) is 11.3. The first-order valence-electron chi connectivity index (χ1n) is 10.2. The molecule has 27 heavy (non-hydrogen) atoms. The summed E-state index contributed by atoms with van der Waals surface area (Å²) in [6, 6.07) is 8.20. The lowest BCUT2D eigenvalue weighted by Gasteiger charge is -2.32. The van der Waals surface area contributed by atoms with E-state index in [2.05, 4.69) is 29.4 Å². The van der Waals surface area contributed by atoms with Crippen molar-refractivity contribution >= 4 is 5.96 Å². The van der Waals surface area contributed by atoms with E-state index in [-0.39, 0.29) is 6.10 Å². The molecule has 2 rings (SSSR count). The van der Waals surface area contributed by atoms with Crippen LogP contribution in [0.5, 0.6) is 11.5 Å². The van der Waals surface area contributed by atoms with Gasteiger partial charge < -0.3 is 25.0 Å². The average Bonchev–Trinajstić information content (AvgIpc) is 2.68. The minimum atomic E-state index is -0.0387. The molecule has 0 aliphatic carbocycles. The zero-order valence-electron chi connectivity index (χ0n) is 17.3. The van der Waals surface area contributed by atoms with Gasteiger partial charge in [0.15, 0.2) is 17.5 Å². The molecule has 1 aromatic rings. The number of rotatable bonds is 9. The summed E-state index contributed by atoms with van der Waals surface area (Å²) in [4.78, 5) is 7.28. The average molecular weight is 377 g/mol. The molecule has 1 atom stereocenters. The Bertz CT molecular complexity index is 571. The van der Waals surface area contributed by atoms with Crippen LogP contribution >= 0.6 is 0 Å². The topological polar surface area (TPSA) is 58.1 Å². The summed E-state index contributed by atoms with van der Waals surface area (Å²) in [5, 5.41) is 6.95. The van der Waals surface area contributed by atoms with Crippen molar-refractivity contribution in [1.82, 2.24) is 15.5 Å². The van der Waals surface area contributed by atoms with Gasteiger partial charge in [-0.15, -0.1) is 0 Å². The Balaban J connectivity index is 1.85. The van der Waals surface area contributed by atoms with Crippen molar-refractivity contribution in [2.75, 3.05) is 39.8 Å². The van der Waals surface area contributed by atoms with E-state index in [1.807, 2.05) is 31.2 Å². The molecule has 1 saturated heterocycles. The van der Waals surface area contributed by atoms with E-state index in [1.165, 1.54) is 13.0 Å². The number of hydrogen-bond acceptors (Lipinski definition) is 4. The third-order valence-electron chi connectivity index (χ3n) is 4.72. The minimum absolute atomic E-state index is 0.0387. The summed E-state index contributed by atoms with van der Waals surface area (Å²) in [6.07, 6.45) is 3.52. The molecular weight excluding hydrogens is 340 g/mol. The van der Waals surface area contributed by atoms with E-state index in [0.29, 0.717) is 12.6 Å². The molecule has 152 valence electrons. The van der Waals surface area contributed by atoms with Gasteiger partial charge >= 0.3 is 0 Å². The molecule has 1 fully saturated rings. The van der Waals surface area contributed by atoms with Crippen molar-refractivity contribution in [2.45, 2.75) is 52.2 Å². The Kier molecular flexibility index (Phi) is 9.25. The highest BCUT2D eigenvalue weighted by Crippen LogP contribution is 2.26. The zero-order valence-corrected chi connectivity index (χ0v) is 17.3. The van der Waals surface area contributed by atoms with Crippen molar-refractivity contribution in [3.8, 4) is 11.5 Å². The van der Waals surface area contributed by atoms with Gasteiger partial charge in [-0.3, -0.25) is 0 Å². The largest absolute Gasteiger partial charge is 0.493 e. The van der Waals surface area contributed by atoms with Crippen molar-refractivity contribution < 1.29 is 9.47 Å². The van der Waals surface area contributed by atoms with Crippen LogP contribution in [0.15, 0.2) is 29.3 Å². The predicted molar refractivity (Wildman–Crippen MR) is 112 cm³/mol. The Labute approximate surface area is 164 Å². The van der Waals surface area contributed by atoms with E-state index in [0.717, 1.165) is 49.9 Å². The highest BCUT2D eigenvalue weighted by molar-refractivity contribution is 5.80. The van der Waals surface area contributed by atoms with E-state index < -0.39 is 0 Å². The fourth-order valence-corrected chi connectivity index (χ4v) is 3.32. The second-order valence-electron chi connectivity index (χ2n) is 7.06. The molecule has 6 nitrogen and oxygen atoms in total. The van der Waals surface area contributed by atoms with Crippen LogP contribution in [0.1, 0.15) is 40.0 Å². The number of hydrogen-bond donors (Lipinski definition) is 2. The van der Waals surface area contributed by atoms with E-state index in [9.17, 15) is 0 Å². The molecular formula is C21H36N4O2. The molecule has 1 heterocycles. The molecule has 1 unspecified atom stereocenters. The maximum atomic E-state index is 6.00. The molecule has 1 aliphatic heterocycles. The Morgan fingerprint density at radius 3 is 2.56 bits per heavy atom.